The highest BCUT2D eigenvalue weighted by molar-refractivity contribution is 7.09. The van der Waals surface area contributed by atoms with Gasteiger partial charge in [0.15, 0.2) is 11.5 Å². The first-order valence-corrected chi connectivity index (χ1v) is 7.52. The molecule has 0 aliphatic carbocycles. The van der Waals surface area contributed by atoms with Crippen molar-refractivity contribution in [1.82, 2.24) is 9.38 Å². The standard InChI is InChI=1S/C15H15N3O2S/c1-10(9-11-5-4-8-21-11)16-14-13(15(19)20)18-7-3-2-6-12(18)17-14/h2-8,10,16H,9H2,1H3,(H,19,20). The summed E-state index contributed by atoms with van der Waals surface area (Å²) in [6.07, 6.45) is 2.55. The fraction of sp³-hybridized carbons (Fsp3) is 0.200. The van der Waals surface area contributed by atoms with E-state index in [4.69, 9.17) is 0 Å². The Kier molecular flexibility index (Phi) is 3.62. The van der Waals surface area contributed by atoms with Crippen molar-refractivity contribution in [2.24, 2.45) is 0 Å². The highest BCUT2D eigenvalue weighted by Crippen LogP contribution is 2.20. The summed E-state index contributed by atoms with van der Waals surface area (Å²) in [6.45, 7) is 2.02. The molecule has 1 unspecified atom stereocenters. The normalized spacial score (nSPS) is 12.4. The second-order valence-electron chi connectivity index (χ2n) is 4.87. The van der Waals surface area contributed by atoms with Gasteiger partial charge in [-0.05, 0) is 30.5 Å². The van der Waals surface area contributed by atoms with E-state index < -0.39 is 5.97 Å². The minimum Gasteiger partial charge on any atom is -0.476 e. The van der Waals surface area contributed by atoms with Crippen LogP contribution >= 0.6 is 11.3 Å². The molecule has 0 amide bonds. The topological polar surface area (TPSA) is 66.6 Å². The Morgan fingerprint density at radius 2 is 2.29 bits per heavy atom. The van der Waals surface area contributed by atoms with Crippen molar-refractivity contribution in [2.45, 2.75) is 19.4 Å². The van der Waals surface area contributed by atoms with E-state index in [0.29, 0.717) is 11.5 Å². The maximum atomic E-state index is 11.5. The van der Waals surface area contributed by atoms with Gasteiger partial charge in [0.25, 0.3) is 0 Å². The van der Waals surface area contributed by atoms with Gasteiger partial charge in [-0.1, -0.05) is 12.1 Å². The summed E-state index contributed by atoms with van der Waals surface area (Å²) in [4.78, 5) is 17.1. The van der Waals surface area contributed by atoms with E-state index in [1.165, 1.54) is 4.88 Å². The molecule has 3 rings (SSSR count). The molecule has 0 fully saturated rings. The van der Waals surface area contributed by atoms with E-state index in [1.54, 1.807) is 34.1 Å². The Hall–Kier alpha value is -2.34. The Morgan fingerprint density at radius 3 is 3.00 bits per heavy atom. The zero-order valence-corrected chi connectivity index (χ0v) is 12.3. The number of aromatic nitrogens is 2. The number of hydrogen-bond donors (Lipinski definition) is 2. The first-order chi connectivity index (χ1) is 10.1. The van der Waals surface area contributed by atoms with E-state index in [-0.39, 0.29) is 11.7 Å². The van der Waals surface area contributed by atoms with Gasteiger partial charge in [-0.2, -0.15) is 0 Å². The van der Waals surface area contributed by atoms with Gasteiger partial charge in [-0.3, -0.25) is 4.40 Å². The average molecular weight is 301 g/mol. The predicted molar refractivity (Wildman–Crippen MR) is 83.3 cm³/mol. The van der Waals surface area contributed by atoms with Crippen LogP contribution in [0.5, 0.6) is 0 Å². The molecule has 2 N–H and O–H groups in total. The van der Waals surface area contributed by atoms with Crippen LogP contribution in [0.25, 0.3) is 5.65 Å². The molecular weight excluding hydrogens is 286 g/mol. The number of anilines is 1. The second-order valence-corrected chi connectivity index (χ2v) is 5.90. The van der Waals surface area contributed by atoms with Crippen LogP contribution in [0.15, 0.2) is 41.9 Å². The van der Waals surface area contributed by atoms with Gasteiger partial charge in [0, 0.05) is 23.5 Å². The lowest BCUT2D eigenvalue weighted by Crippen LogP contribution is -2.19. The molecule has 3 aromatic heterocycles. The molecule has 0 aliphatic heterocycles. The van der Waals surface area contributed by atoms with E-state index in [1.807, 2.05) is 24.4 Å². The third kappa shape index (κ3) is 2.75. The van der Waals surface area contributed by atoms with Gasteiger partial charge in [0.05, 0.1) is 0 Å². The number of fused-ring (bicyclic) bond motifs is 1. The third-order valence-corrected chi connectivity index (χ3v) is 4.10. The van der Waals surface area contributed by atoms with E-state index in [0.717, 1.165) is 6.42 Å². The molecule has 21 heavy (non-hydrogen) atoms. The maximum Gasteiger partial charge on any atom is 0.356 e. The molecule has 3 aromatic rings. The Balaban J connectivity index is 1.89. The number of nitrogens with zero attached hydrogens (tertiary/aromatic N) is 2. The number of hydrogen-bond acceptors (Lipinski definition) is 4. The number of pyridine rings is 1. The summed E-state index contributed by atoms with van der Waals surface area (Å²) in [7, 11) is 0. The molecular formula is C15H15N3O2S. The van der Waals surface area contributed by atoms with Gasteiger partial charge in [0.1, 0.15) is 5.65 Å². The number of aromatic carboxylic acids is 1. The zero-order chi connectivity index (χ0) is 14.8. The van der Waals surface area contributed by atoms with E-state index >= 15 is 0 Å². The summed E-state index contributed by atoms with van der Waals surface area (Å²) < 4.78 is 1.59. The van der Waals surface area contributed by atoms with Crippen LogP contribution in [-0.4, -0.2) is 26.5 Å². The number of carboxylic acids is 1. The van der Waals surface area contributed by atoms with Crippen molar-refractivity contribution in [1.29, 1.82) is 0 Å². The van der Waals surface area contributed by atoms with Gasteiger partial charge in [0.2, 0.25) is 0 Å². The van der Waals surface area contributed by atoms with Crippen LogP contribution in [-0.2, 0) is 6.42 Å². The quantitative estimate of drug-likeness (QED) is 0.760. The third-order valence-electron chi connectivity index (χ3n) is 3.20. The second kappa shape index (κ2) is 5.57. The number of carboxylic acid groups (broad SMARTS) is 1. The summed E-state index contributed by atoms with van der Waals surface area (Å²) in [5.41, 5.74) is 0.796. The zero-order valence-electron chi connectivity index (χ0n) is 11.5. The fourth-order valence-electron chi connectivity index (χ4n) is 2.32. The Morgan fingerprint density at radius 1 is 1.43 bits per heavy atom. The lowest BCUT2D eigenvalue weighted by atomic mass is 10.2. The minimum absolute atomic E-state index is 0.103. The molecule has 5 nitrogen and oxygen atoms in total. The van der Waals surface area contributed by atoms with Crippen LogP contribution in [0.3, 0.4) is 0 Å². The molecule has 0 aliphatic rings. The van der Waals surface area contributed by atoms with Gasteiger partial charge in [-0.25, -0.2) is 9.78 Å². The Labute approximate surface area is 125 Å². The van der Waals surface area contributed by atoms with Gasteiger partial charge >= 0.3 is 5.97 Å². The number of rotatable bonds is 5. The molecule has 0 spiro atoms. The van der Waals surface area contributed by atoms with E-state index in [9.17, 15) is 9.90 Å². The average Bonchev–Trinajstić information content (AvgIpc) is 3.04. The first-order valence-electron chi connectivity index (χ1n) is 6.64. The van der Waals surface area contributed by atoms with Crippen molar-refractivity contribution >= 4 is 28.8 Å². The summed E-state index contributed by atoms with van der Waals surface area (Å²) >= 11 is 1.70. The number of thiophene rings is 1. The van der Waals surface area contributed by atoms with Crippen molar-refractivity contribution in [3.05, 3.63) is 52.5 Å². The minimum atomic E-state index is -0.987. The van der Waals surface area contributed by atoms with Crippen LogP contribution in [0.2, 0.25) is 0 Å². The van der Waals surface area contributed by atoms with Crippen LogP contribution in [0.4, 0.5) is 5.82 Å². The van der Waals surface area contributed by atoms with E-state index in [2.05, 4.69) is 16.4 Å². The number of carbonyl (C=O) groups is 1. The summed E-state index contributed by atoms with van der Waals surface area (Å²) in [6, 6.07) is 9.62. The SMILES string of the molecule is CC(Cc1cccs1)Nc1nc2ccccn2c1C(=O)O. The lowest BCUT2D eigenvalue weighted by Gasteiger charge is -2.12. The molecule has 0 saturated heterocycles. The highest BCUT2D eigenvalue weighted by atomic mass is 32.1. The van der Waals surface area contributed by atoms with Crippen LogP contribution in [0, 0.1) is 0 Å². The van der Waals surface area contributed by atoms with Crippen molar-refractivity contribution in [3.63, 3.8) is 0 Å². The molecule has 0 bridgehead atoms. The highest BCUT2D eigenvalue weighted by Gasteiger charge is 2.19. The summed E-state index contributed by atoms with van der Waals surface area (Å²) in [5, 5.41) is 14.7. The lowest BCUT2D eigenvalue weighted by molar-refractivity contribution is 0.0690. The van der Waals surface area contributed by atoms with Crippen molar-refractivity contribution < 1.29 is 9.90 Å². The number of imidazole rings is 1. The first kappa shape index (κ1) is 13.6. The molecule has 1 atom stereocenters. The van der Waals surface area contributed by atoms with Crippen LogP contribution < -0.4 is 5.32 Å². The maximum absolute atomic E-state index is 11.5. The summed E-state index contributed by atoms with van der Waals surface area (Å²) in [5.74, 6) is -0.572. The van der Waals surface area contributed by atoms with Gasteiger partial charge in [-0.15, -0.1) is 11.3 Å². The fourth-order valence-corrected chi connectivity index (χ4v) is 3.15. The molecule has 0 aromatic carbocycles. The largest absolute Gasteiger partial charge is 0.476 e. The molecule has 6 heteroatoms. The smallest absolute Gasteiger partial charge is 0.356 e. The molecule has 108 valence electrons. The molecule has 0 saturated carbocycles. The Bertz CT molecular complexity index is 764. The molecule has 0 radical (unpaired) electrons. The van der Waals surface area contributed by atoms with Gasteiger partial charge < -0.3 is 10.4 Å². The predicted octanol–water partition coefficient (Wildman–Crippen LogP) is 3.14. The van der Waals surface area contributed by atoms with Crippen molar-refractivity contribution in [2.75, 3.05) is 5.32 Å². The van der Waals surface area contributed by atoms with Crippen LogP contribution in [0.1, 0.15) is 22.3 Å². The number of nitrogens with one attached hydrogen (secondary N) is 1. The monoisotopic (exact) mass is 301 g/mol. The molecule has 3 heterocycles. The van der Waals surface area contributed by atoms with Crippen molar-refractivity contribution in [3.8, 4) is 0 Å².